The number of hydrogen-bond donors (Lipinski definition) is 0. The third-order valence-electron chi connectivity index (χ3n) is 5.15. The molecule has 28 heavy (non-hydrogen) atoms. The molecule has 6 heteroatoms. The van der Waals surface area contributed by atoms with Gasteiger partial charge in [-0.15, -0.1) is 0 Å². The number of amides is 1. The fourth-order valence-corrected chi connectivity index (χ4v) is 5.68. The molecular weight excluding hydrogens is 438 g/mol. The van der Waals surface area contributed by atoms with Crippen molar-refractivity contribution in [1.82, 2.24) is 4.90 Å². The highest BCUT2D eigenvalue weighted by Crippen LogP contribution is 2.26. The Kier molecular flexibility index (Phi) is 6.01. The highest BCUT2D eigenvalue weighted by Gasteiger charge is 2.35. The summed E-state index contributed by atoms with van der Waals surface area (Å²) in [6.45, 7) is 6.78. The van der Waals surface area contributed by atoms with Crippen LogP contribution in [-0.4, -0.2) is 36.8 Å². The average Bonchev–Trinajstić information content (AvgIpc) is 2.98. The molecule has 2 aromatic rings. The number of carbonyl (C=O) groups excluding carboxylic acids is 1. The van der Waals surface area contributed by atoms with E-state index in [1.165, 1.54) is 0 Å². The van der Waals surface area contributed by atoms with Crippen LogP contribution < -0.4 is 0 Å². The molecule has 0 N–H and O–H groups in total. The molecule has 1 atom stereocenters. The van der Waals surface area contributed by atoms with Crippen molar-refractivity contribution in [3.8, 4) is 0 Å². The summed E-state index contributed by atoms with van der Waals surface area (Å²) < 4.78 is 25.0. The normalized spacial score (nSPS) is 18.8. The highest BCUT2D eigenvalue weighted by molar-refractivity contribution is 9.10. The standard InChI is InChI=1S/C22H26BrNO3S/c1-22(2,3)18-9-7-17(8-10-18)21(25)24(20-11-12-28(26,27)15-20)14-16-5-4-6-19(23)13-16/h4-10,13,20H,11-12,14-15H2,1-3H3/t20-/m0/s1. The summed E-state index contributed by atoms with van der Waals surface area (Å²) >= 11 is 3.46. The number of nitrogens with zero attached hydrogens (tertiary/aromatic N) is 1. The SMILES string of the molecule is CC(C)(C)c1ccc(C(=O)N(Cc2cccc(Br)c2)[C@H]2CCS(=O)(=O)C2)cc1. The monoisotopic (exact) mass is 463 g/mol. The quantitative estimate of drug-likeness (QED) is 0.666. The molecule has 4 nitrogen and oxygen atoms in total. The van der Waals surface area contributed by atoms with E-state index in [9.17, 15) is 13.2 Å². The van der Waals surface area contributed by atoms with Crippen LogP contribution in [0.5, 0.6) is 0 Å². The van der Waals surface area contributed by atoms with Crippen molar-refractivity contribution in [1.29, 1.82) is 0 Å². The van der Waals surface area contributed by atoms with Gasteiger partial charge in [-0.05, 0) is 47.2 Å². The van der Waals surface area contributed by atoms with E-state index >= 15 is 0 Å². The Hall–Kier alpha value is -1.66. The second-order valence-electron chi connectivity index (χ2n) is 8.45. The maximum absolute atomic E-state index is 13.3. The summed E-state index contributed by atoms with van der Waals surface area (Å²) in [4.78, 5) is 15.0. The summed E-state index contributed by atoms with van der Waals surface area (Å²) in [5.74, 6) is 0.0536. The maximum Gasteiger partial charge on any atom is 0.254 e. The van der Waals surface area contributed by atoms with Crippen molar-refractivity contribution in [3.05, 3.63) is 69.7 Å². The fourth-order valence-electron chi connectivity index (χ4n) is 3.50. The topological polar surface area (TPSA) is 54.5 Å². The smallest absolute Gasteiger partial charge is 0.254 e. The van der Waals surface area contributed by atoms with Crippen LogP contribution in [0.4, 0.5) is 0 Å². The van der Waals surface area contributed by atoms with Crippen molar-refractivity contribution in [2.75, 3.05) is 11.5 Å². The Morgan fingerprint density at radius 3 is 2.36 bits per heavy atom. The summed E-state index contributed by atoms with van der Waals surface area (Å²) in [6.07, 6.45) is 0.488. The zero-order valence-corrected chi connectivity index (χ0v) is 18.9. The van der Waals surface area contributed by atoms with Crippen LogP contribution in [-0.2, 0) is 21.8 Å². The van der Waals surface area contributed by atoms with E-state index in [0.29, 0.717) is 18.5 Å². The molecule has 0 spiro atoms. The molecule has 1 saturated heterocycles. The molecule has 1 aliphatic heterocycles. The molecule has 1 amide bonds. The van der Waals surface area contributed by atoms with E-state index in [0.717, 1.165) is 15.6 Å². The number of hydrogen-bond acceptors (Lipinski definition) is 3. The second kappa shape index (κ2) is 7.99. The molecule has 0 saturated carbocycles. The highest BCUT2D eigenvalue weighted by atomic mass is 79.9. The lowest BCUT2D eigenvalue weighted by Crippen LogP contribution is -2.40. The van der Waals surface area contributed by atoms with Gasteiger partial charge in [0, 0.05) is 22.6 Å². The summed E-state index contributed by atoms with van der Waals surface area (Å²) in [5, 5.41) is 0. The molecule has 0 unspecified atom stereocenters. The zero-order valence-electron chi connectivity index (χ0n) is 16.5. The first kappa shape index (κ1) is 21.1. The van der Waals surface area contributed by atoms with E-state index in [4.69, 9.17) is 0 Å². The maximum atomic E-state index is 13.3. The van der Waals surface area contributed by atoms with Gasteiger partial charge in [0.1, 0.15) is 0 Å². The van der Waals surface area contributed by atoms with Gasteiger partial charge in [0.15, 0.2) is 9.84 Å². The van der Waals surface area contributed by atoms with Gasteiger partial charge in [-0.1, -0.05) is 61.0 Å². The van der Waals surface area contributed by atoms with Gasteiger partial charge >= 0.3 is 0 Å². The number of benzene rings is 2. The first-order valence-electron chi connectivity index (χ1n) is 9.41. The van der Waals surface area contributed by atoms with Crippen LogP contribution in [0.15, 0.2) is 53.0 Å². The lowest BCUT2D eigenvalue weighted by atomic mass is 9.86. The van der Waals surface area contributed by atoms with E-state index in [2.05, 4.69) is 36.7 Å². The predicted molar refractivity (Wildman–Crippen MR) is 116 cm³/mol. The van der Waals surface area contributed by atoms with Crippen molar-refractivity contribution < 1.29 is 13.2 Å². The van der Waals surface area contributed by atoms with Crippen molar-refractivity contribution in [3.63, 3.8) is 0 Å². The van der Waals surface area contributed by atoms with E-state index < -0.39 is 9.84 Å². The Morgan fingerprint density at radius 1 is 1.14 bits per heavy atom. The molecule has 1 heterocycles. The molecule has 1 fully saturated rings. The molecule has 0 aromatic heterocycles. The van der Waals surface area contributed by atoms with Gasteiger partial charge in [-0.25, -0.2) is 8.42 Å². The van der Waals surface area contributed by atoms with Crippen LogP contribution in [0.3, 0.4) is 0 Å². The van der Waals surface area contributed by atoms with Gasteiger partial charge in [0.25, 0.3) is 5.91 Å². The molecule has 2 aromatic carbocycles. The molecule has 0 bridgehead atoms. The second-order valence-corrected chi connectivity index (χ2v) is 11.6. The van der Waals surface area contributed by atoms with Crippen molar-refractivity contribution >= 4 is 31.7 Å². The van der Waals surface area contributed by atoms with Gasteiger partial charge in [-0.3, -0.25) is 4.79 Å². The Labute approximate surface area is 176 Å². The van der Waals surface area contributed by atoms with E-state index in [1.807, 2.05) is 48.5 Å². The fraction of sp³-hybridized carbons (Fsp3) is 0.409. The third-order valence-corrected chi connectivity index (χ3v) is 7.39. The summed E-state index contributed by atoms with van der Waals surface area (Å²) in [7, 11) is -3.09. The van der Waals surface area contributed by atoms with Gasteiger partial charge < -0.3 is 4.90 Å². The molecule has 150 valence electrons. The largest absolute Gasteiger partial charge is 0.330 e. The number of rotatable bonds is 4. The van der Waals surface area contributed by atoms with E-state index in [1.54, 1.807) is 4.90 Å². The molecular formula is C22H26BrNO3S. The summed E-state index contributed by atoms with van der Waals surface area (Å²) in [5.41, 5.74) is 2.73. The van der Waals surface area contributed by atoms with Gasteiger partial charge in [0.2, 0.25) is 0 Å². The van der Waals surface area contributed by atoms with Gasteiger partial charge in [-0.2, -0.15) is 0 Å². The Bertz CT molecular complexity index is 962. The minimum absolute atomic E-state index is 0.0110. The zero-order chi connectivity index (χ0) is 20.5. The van der Waals surface area contributed by atoms with Crippen LogP contribution >= 0.6 is 15.9 Å². The number of carbonyl (C=O) groups is 1. The average molecular weight is 464 g/mol. The van der Waals surface area contributed by atoms with Gasteiger partial charge in [0.05, 0.1) is 11.5 Å². The van der Waals surface area contributed by atoms with E-state index in [-0.39, 0.29) is 28.9 Å². The molecule has 3 rings (SSSR count). The Morgan fingerprint density at radius 2 is 1.82 bits per heavy atom. The number of sulfone groups is 1. The van der Waals surface area contributed by atoms with Crippen LogP contribution in [0.25, 0.3) is 0 Å². The Balaban J connectivity index is 1.90. The first-order chi connectivity index (χ1) is 13.0. The lowest BCUT2D eigenvalue weighted by molar-refractivity contribution is 0.0681. The number of halogens is 1. The minimum Gasteiger partial charge on any atom is -0.330 e. The molecule has 0 radical (unpaired) electrons. The van der Waals surface area contributed by atoms with Crippen LogP contribution in [0.1, 0.15) is 48.7 Å². The lowest BCUT2D eigenvalue weighted by Gasteiger charge is -2.29. The first-order valence-corrected chi connectivity index (χ1v) is 12.0. The van der Waals surface area contributed by atoms with Crippen LogP contribution in [0, 0.1) is 0 Å². The van der Waals surface area contributed by atoms with Crippen LogP contribution in [0.2, 0.25) is 0 Å². The predicted octanol–water partition coefficient (Wildman–Crippen LogP) is 4.58. The third kappa shape index (κ3) is 5.03. The minimum atomic E-state index is -3.09. The molecule has 0 aliphatic carbocycles. The van der Waals surface area contributed by atoms with Crippen molar-refractivity contribution in [2.45, 2.75) is 45.2 Å². The summed E-state index contributed by atoms with van der Waals surface area (Å²) in [6, 6.07) is 15.1. The van der Waals surface area contributed by atoms with Crippen molar-refractivity contribution in [2.24, 2.45) is 0 Å². The molecule has 1 aliphatic rings.